The maximum atomic E-state index is 4.77. The largest absolute Gasteiger partial charge is 0.335 e. The fourth-order valence-corrected chi connectivity index (χ4v) is 4.04. The predicted molar refractivity (Wildman–Crippen MR) is 80.5 cm³/mol. The van der Waals surface area contributed by atoms with E-state index in [1.165, 1.54) is 42.7 Å². The van der Waals surface area contributed by atoms with Crippen LogP contribution in [-0.4, -0.2) is 17.5 Å². The third-order valence-electron chi connectivity index (χ3n) is 4.12. The Morgan fingerprint density at radius 3 is 2.67 bits per heavy atom. The number of thioether (sulfide) groups is 1. The molecule has 0 saturated heterocycles. The molecule has 1 saturated carbocycles. The minimum atomic E-state index is 0.529. The van der Waals surface area contributed by atoms with Crippen LogP contribution in [0, 0.1) is 12.3 Å². The molecule has 0 atom stereocenters. The molecule has 1 fully saturated rings. The van der Waals surface area contributed by atoms with Gasteiger partial charge in [0, 0.05) is 18.0 Å². The number of hydrogen-bond acceptors (Lipinski definition) is 3. The van der Waals surface area contributed by atoms with E-state index in [0.29, 0.717) is 5.41 Å². The number of amidine groups is 1. The predicted octanol–water partition coefficient (Wildman–Crippen LogP) is 4.07. The van der Waals surface area contributed by atoms with Gasteiger partial charge < -0.3 is 5.32 Å². The van der Waals surface area contributed by atoms with Crippen LogP contribution < -0.4 is 5.32 Å². The van der Waals surface area contributed by atoms with E-state index in [9.17, 15) is 0 Å². The topological polar surface area (TPSA) is 24.4 Å². The highest BCUT2D eigenvalue weighted by Crippen LogP contribution is 2.43. The first-order valence-corrected chi connectivity index (χ1v) is 7.76. The minimum absolute atomic E-state index is 0.529. The molecule has 2 nitrogen and oxygen atoms in total. The maximum absolute atomic E-state index is 4.77. The second-order valence-corrected chi connectivity index (χ2v) is 6.52. The van der Waals surface area contributed by atoms with Gasteiger partial charge in [0.25, 0.3) is 0 Å². The maximum Gasteiger partial charge on any atom is 0.161 e. The number of aryl methyl sites for hydroxylation is 1. The Labute approximate surface area is 113 Å². The number of aliphatic imine (C=N–C) groups is 1. The van der Waals surface area contributed by atoms with E-state index in [2.05, 4.69) is 36.5 Å². The highest BCUT2D eigenvalue weighted by molar-refractivity contribution is 8.14. The Morgan fingerprint density at radius 2 is 2.00 bits per heavy atom. The second-order valence-electron chi connectivity index (χ2n) is 5.56. The van der Waals surface area contributed by atoms with Gasteiger partial charge in [-0.3, -0.25) is 4.99 Å². The molecule has 3 heteroatoms. The minimum Gasteiger partial charge on any atom is -0.335 e. The molecule has 1 N–H and O–H groups in total. The van der Waals surface area contributed by atoms with E-state index in [-0.39, 0.29) is 0 Å². The summed E-state index contributed by atoms with van der Waals surface area (Å²) >= 11 is 1.90. The molecule has 0 radical (unpaired) electrons. The lowest BCUT2D eigenvalue weighted by Gasteiger charge is -2.31. The van der Waals surface area contributed by atoms with Crippen molar-refractivity contribution >= 4 is 22.6 Å². The van der Waals surface area contributed by atoms with Gasteiger partial charge in [0.2, 0.25) is 0 Å². The highest BCUT2D eigenvalue weighted by atomic mass is 32.2. The van der Waals surface area contributed by atoms with Crippen molar-refractivity contribution in [1.82, 2.24) is 0 Å². The van der Waals surface area contributed by atoms with E-state index in [1.807, 2.05) is 11.8 Å². The Balaban J connectivity index is 1.68. The van der Waals surface area contributed by atoms with Gasteiger partial charge in [-0.15, -0.1) is 0 Å². The van der Waals surface area contributed by atoms with Gasteiger partial charge in [-0.2, -0.15) is 0 Å². The number of rotatable bonds is 1. The lowest BCUT2D eigenvalue weighted by Crippen LogP contribution is -2.30. The van der Waals surface area contributed by atoms with Crippen molar-refractivity contribution in [2.75, 3.05) is 17.6 Å². The van der Waals surface area contributed by atoms with Crippen molar-refractivity contribution in [2.24, 2.45) is 10.4 Å². The molecular formula is C15H20N2S. The Morgan fingerprint density at radius 1 is 1.22 bits per heavy atom. The molecule has 1 aliphatic carbocycles. The number of para-hydroxylation sites is 1. The van der Waals surface area contributed by atoms with Crippen LogP contribution in [0.4, 0.5) is 5.69 Å². The lowest BCUT2D eigenvalue weighted by molar-refractivity contribution is 0.359. The molecular weight excluding hydrogens is 240 g/mol. The van der Waals surface area contributed by atoms with Crippen LogP contribution in [0.1, 0.15) is 31.2 Å². The zero-order valence-corrected chi connectivity index (χ0v) is 11.7. The van der Waals surface area contributed by atoms with Crippen molar-refractivity contribution < 1.29 is 0 Å². The first kappa shape index (κ1) is 12.1. The quantitative estimate of drug-likeness (QED) is 0.823. The fraction of sp³-hybridized carbons (Fsp3) is 0.533. The average Bonchev–Trinajstić information content (AvgIpc) is 2.84. The smallest absolute Gasteiger partial charge is 0.161 e. The number of nitrogens with one attached hydrogen (secondary N) is 1. The van der Waals surface area contributed by atoms with Crippen LogP contribution in [0.25, 0.3) is 0 Å². The van der Waals surface area contributed by atoms with E-state index in [1.54, 1.807) is 0 Å². The van der Waals surface area contributed by atoms with Gasteiger partial charge in [0.05, 0.1) is 0 Å². The Bertz CT molecular complexity index is 461. The molecule has 1 spiro atoms. The number of anilines is 1. The van der Waals surface area contributed by atoms with E-state index >= 15 is 0 Å². The van der Waals surface area contributed by atoms with Crippen molar-refractivity contribution in [1.29, 1.82) is 0 Å². The zero-order valence-electron chi connectivity index (χ0n) is 10.9. The van der Waals surface area contributed by atoms with Gasteiger partial charge >= 0.3 is 0 Å². The standard InChI is InChI=1S/C15H20N2S/c1-12-6-2-3-7-13(12)17-14-16-10-15(11-18-14)8-4-5-9-15/h2-3,6-7H,4-5,8-11H2,1H3,(H,16,17). The highest BCUT2D eigenvalue weighted by Gasteiger charge is 2.36. The summed E-state index contributed by atoms with van der Waals surface area (Å²) < 4.78 is 0. The summed E-state index contributed by atoms with van der Waals surface area (Å²) in [6.45, 7) is 3.16. The van der Waals surface area contributed by atoms with Crippen molar-refractivity contribution in [3.05, 3.63) is 29.8 Å². The molecule has 0 aromatic heterocycles. The summed E-state index contributed by atoms with van der Waals surface area (Å²) in [4.78, 5) is 4.77. The van der Waals surface area contributed by atoms with Crippen LogP contribution in [0.5, 0.6) is 0 Å². The van der Waals surface area contributed by atoms with E-state index in [4.69, 9.17) is 4.99 Å². The number of benzene rings is 1. The van der Waals surface area contributed by atoms with Crippen LogP contribution in [0.2, 0.25) is 0 Å². The van der Waals surface area contributed by atoms with Crippen molar-refractivity contribution in [3.8, 4) is 0 Å². The van der Waals surface area contributed by atoms with Crippen molar-refractivity contribution in [2.45, 2.75) is 32.6 Å². The average molecular weight is 260 g/mol. The van der Waals surface area contributed by atoms with Gasteiger partial charge in [0.15, 0.2) is 5.17 Å². The molecule has 1 aromatic rings. The second kappa shape index (κ2) is 4.96. The monoisotopic (exact) mass is 260 g/mol. The lowest BCUT2D eigenvalue weighted by atomic mass is 9.89. The molecule has 0 amide bonds. The zero-order chi connectivity index (χ0) is 12.4. The molecule has 18 heavy (non-hydrogen) atoms. The first-order chi connectivity index (χ1) is 8.77. The van der Waals surface area contributed by atoms with Crippen LogP contribution in [0.15, 0.2) is 29.3 Å². The molecule has 3 rings (SSSR count). The third kappa shape index (κ3) is 2.41. The molecule has 1 aromatic carbocycles. The molecule has 96 valence electrons. The number of hydrogen-bond donors (Lipinski definition) is 1. The summed E-state index contributed by atoms with van der Waals surface area (Å²) in [5.74, 6) is 1.24. The molecule has 0 unspecified atom stereocenters. The fourth-order valence-electron chi connectivity index (χ4n) is 2.88. The normalized spacial score (nSPS) is 21.9. The van der Waals surface area contributed by atoms with Crippen LogP contribution in [-0.2, 0) is 0 Å². The summed E-state index contributed by atoms with van der Waals surface area (Å²) in [5.41, 5.74) is 3.00. The van der Waals surface area contributed by atoms with E-state index < -0.39 is 0 Å². The Kier molecular flexibility index (Phi) is 3.33. The van der Waals surface area contributed by atoms with Gasteiger partial charge in [0.1, 0.15) is 0 Å². The van der Waals surface area contributed by atoms with Gasteiger partial charge in [-0.1, -0.05) is 42.8 Å². The van der Waals surface area contributed by atoms with Gasteiger partial charge in [-0.25, -0.2) is 0 Å². The first-order valence-electron chi connectivity index (χ1n) is 6.77. The molecule has 1 aliphatic heterocycles. The summed E-state index contributed by atoms with van der Waals surface area (Å²) in [7, 11) is 0. The SMILES string of the molecule is Cc1ccccc1NC1=NCC2(CCCC2)CS1. The van der Waals surface area contributed by atoms with Crippen LogP contribution >= 0.6 is 11.8 Å². The molecule has 2 aliphatic rings. The van der Waals surface area contributed by atoms with Crippen molar-refractivity contribution in [3.63, 3.8) is 0 Å². The number of nitrogens with zero attached hydrogens (tertiary/aromatic N) is 1. The van der Waals surface area contributed by atoms with Crippen LogP contribution in [0.3, 0.4) is 0 Å². The summed E-state index contributed by atoms with van der Waals surface area (Å²) in [6, 6.07) is 8.40. The summed E-state index contributed by atoms with van der Waals surface area (Å²) in [6.07, 6.45) is 5.55. The summed E-state index contributed by atoms with van der Waals surface area (Å²) in [5, 5.41) is 4.57. The molecule has 1 heterocycles. The third-order valence-corrected chi connectivity index (χ3v) is 5.39. The molecule has 0 bridgehead atoms. The van der Waals surface area contributed by atoms with Gasteiger partial charge in [-0.05, 0) is 36.8 Å². The van der Waals surface area contributed by atoms with E-state index in [0.717, 1.165) is 11.7 Å². The Hall–Kier alpha value is -0.960.